The third-order valence-corrected chi connectivity index (χ3v) is 4.98. The Labute approximate surface area is 135 Å². The number of hydrogen-bond acceptors (Lipinski definition) is 6. The molecule has 0 aliphatic carbocycles. The highest BCUT2D eigenvalue weighted by atomic mass is 16.2. The van der Waals surface area contributed by atoms with Crippen LogP contribution in [0, 0.1) is 5.41 Å². The summed E-state index contributed by atoms with van der Waals surface area (Å²) < 4.78 is 2.89. The van der Waals surface area contributed by atoms with E-state index in [4.69, 9.17) is 0 Å². The van der Waals surface area contributed by atoms with Crippen molar-refractivity contribution in [2.24, 2.45) is 19.5 Å². The highest BCUT2D eigenvalue weighted by Gasteiger charge is 2.51. The highest BCUT2D eigenvalue weighted by molar-refractivity contribution is 6.06. The van der Waals surface area contributed by atoms with Crippen molar-refractivity contribution in [3.63, 3.8) is 0 Å². The molecule has 10 heteroatoms. The first kappa shape index (κ1) is 14.7. The number of aryl methyl sites for hydroxylation is 2. The average molecular weight is 332 g/mol. The molecule has 4 rings (SSSR count). The summed E-state index contributed by atoms with van der Waals surface area (Å²) in [6, 6.07) is 0. The van der Waals surface area contributed by atoms with Crippen LogP contribution in [0.3, 0.4) is 0 Å². The smallest absolute Gasteiger partial charge is 0.329 e. The second kappa shape index (κ2) is 4.56. The van der Waals surface area contributed by atoms with Crippen molar-refractivity contribution in [2.75, 3.05) is 18.0 Å². The second-order valence-corrected chi connectivity index (χ2v) is 6.47. The molecule has 2 aromatic rings. The molecule has 2 aliphatic heterocycles. The van der Waals surface area contributed by atoms with E-state index in [1.807, 2.05) is 4.90 Å². The summed E-state index contributed by atoms with van der Waals surface area (Å²) in [5.41, 5.74) is -1.19. The Morgan fingerprint density at radius 1 is 1.12 bits per heavy atom. The number of amides is 2. The van der Waals surface area contributed by atoms with E-state index in [0.717, 1.165) is 0 Å². The number of aromatic nitrogens is 4. The number of imidazole rings is 1. The van der Waals surface area contributed by atoms with Crippen LogP contribution >= 0.6 is 0 Å². The second-order valence-electron chi connectivity index (χ2n) is 6.47. The molecular weight excluding hydrogens is 316 g/mol. The lowest BCUT2D eigenvalue weighted by molar-refractivity contribution is -0.127. The van der Waals surface area contributed by atoms with Crippen molar-refractivity contribution in [1.82, 2.24) is 24.4 Å². The van der Waals surface area contributed by atoms with Gasteiger partial charge in [0.25, 0.3) is 5.56 Å². The monoisotopic (exact) mass is 332 g/mol. The molecule has 2 amide bonds. The Kier molecular flexibility index (Phi) is 2.78. The maximum atomic E-state index is 12.1. The molecule has 0 radical (unpaired) electrons. The Bertz CT molecular complexity index is 1010. The molecule has 2 N–H and O–H groups in total. The number of aromatic amines is 1. The van der Waals surface area contributed by atoms with Gasteiger partial charge in [-0.25, -0.2) is 4.79 Å². The van der Waals surface area contributed by atoms with Gasteiger partial charge in [0.2, 0.25) is 17.8 Å². The Morgan fingerprint density at radius 2 is 1.88 bits per heavy atom. The van der Waals surface area contributed by atoms with Crippen LogP contribution in [0.25, 0.3) is 11.2 Å². The van der Waals surface area contributed by atoms with E-state index < -0.39 is 16.7 Å². The van der Waals surface area contributed by atoms with Gasteiger partial charge < -0.3 is 9.47 Å². The number of H-pyrrole nitrogens is 1. The minimum Gasteiger partial charge on any atom is -0.341 e. The van der Waals surface area contributed by atoms with Gasteiger partial charge in [-0.05, 0) is 6.42 Å². The number of nitrogens with zero attached hydrogens (tertiary/aromatic N) is 4. The van der Waals surface area contributed by atoms with E-state index in [9.17, 15) is 19.2 Å². The lowest BCUT2D eigenvalue weighted by Gasteiger charge is -2.20. The molecule has 1 atom stereocenters. The zero-order valence-corrected chi connectivity index (χ0v) is 13.3. The van der Waals surface area contributed by atoms with Crippen molar-refractivity contribution in [3.8, 4) is 0 Å². The third-order valence-electron chi connectivity index (χ3n) is 4.98. The summed E-state index contributed by atoms with van der Waals surface area (Å²) in [5, 5.41) is 2.36. The summed E-state index contributed by atoms with van der Waals surface area (Å²) in [7, 11) is 3.22. The molecular formula is C14H16N6O4. The van der Waals surface area contributed by atoms with Gasteiger partial charge in [0.1, 0.15) is 0 Å². The average Bonchev–Trinajstić information content (AvgIpc) is 3.15. The SMILES string of the molecule is Cn1c(N2CCC3(CC(=O)NC3=O)C2)nc2c1c(=O)[nH]c(=O)n2C. The summed E-state index contributed by atoms with van der Waals surface area (Å²) in [6.07, 6.45) is 0.717. The Morgan fingerprint density at radius 3 is 2.54 bits per heavy atom. The molecule has 10 nitrogen and oxygen atoms in total. The summed E-state index contributed by atoms with van der Waals surface area (Å²) in [4.78, 5) is 56.0. The normalized spacial score (nSPS) is 23.7. The van der Waals surface area contributed by atoms with Gasteiger partial charge in [-0.2, -0.15) is 4.98 Å². The van der Waals surface area contributed by atoms with Crippen molar-refractivity contribution < 1.29 is 9.59 Å². The predicted octanol–water partition coefficient (Wildman–Crippen LogP) is -1.80. The fourth-order valence-corrected chi connectivity index (χ4v) is 3.64. The van der Waals surface area contributed by atoms with E-state index in [-0.39, 0.29) is 23.9 Å². The predicted molar refractivity (Wildman–Crippen MR) is 83.6 cm³/mol. The molecule has 126 valence electrons. The third kappa shape index (κ3) is 1.79. The standard InChI is InChI=1S/C14H16N6O4/c1-18-8-9(19(2)13(24)17-10(8)22)16-12(18)20-4-3-14(6-20)5-7(21)15-11(14)23/h3-6H2,1-2H3,(H,15,21,23)(H,17,22,24). The molecule has 0 aromatic carbocycles. The van der Waals surface area contributed by atoms with Gasteiger partial charge in [0, 0.05) is 33.6 Å². The van der Waals surface area contributed by atoms with Crippen molar-refractivity contribution in [1.29, 1.82) is 0 Å². The number of carbonyl (C=O) groups is 2. The van der Waals surface area contributed by atoms with Gasteiger partial charge in [-0.15, -0.1) is 0 Å². The van der Waals surface area contributed by atoms with Crippen LogP contribution in [0.15, 0.2) is 9.59 Å². The van der Waals surface area contributed by atoms with Gasteiger partial charge in [0.05, 0.1) is 5.41 Å². The van der Waals surface area contributed by atoms with E-state index in [1.165, 1.54) is 11.6 Å². The summed E-state index contributed by atoms with van der Waals surface area (Å²) in [5.74, 6) is -0.00886. The number of nitrogens with one attached hydrogen (secondary N) is 2. The molecule has 1 unspecified atom stereocenters. The van der Waals surface area contributed by atoms with Gasteiger partial charge in [-0.1, -0.05) is 0 Å². The van der Waals surface area contributed by atoms with E-state index in [2.05, 4.69) is 15.3 Å². The first-order valence-corrected chi connectivity index (χ1v) is 7.57. The molecule has 0 bridgehead atoms. The van der Waals surface area contributed by atoms with Crippen LogP contribution in [-0.2, 0) is 23.7 Å². The molecule has 2 aromatic heterocycles. The lowest BCUT2D eigenvalue weighted by atomic mass is 9.85. The molecule has 2 saturated heterocycles. The van der Waals surface area contributed by atoms with Crippen molar-refractivity contribution in [2.45, 2.75) is 12.8 Å². The van der Waals surface area contributed by atoms with Crippen molar-refractivity contribution in [3.05, 3.63) is 20.8 Å². The Hall–Kier alpha value is -2.91. The zero-order chi connectivity index (χ0) is 17.2. The molecule has 2 aliphatic rings. The van der Waals surface area contributed by atoms with Crippen LogP contribution in [0.2, 0.25) is 0 Å². The molecule has 1 spiro atoms. The van der Waals surface area contributed by atoms with E-state index >= 15 is 0 Å². The molecule has 4 heterocycles. The zero-order valence-electron chi connectivity index (χ0n) is 13.3. The number of imide groups is 1. The topological polar surface area (TPSA) is 122 Å². The van der Waals surface area contributed by atoms with Gasteiger partial charge >= 0.3 is 5.69 Å². The number of hydrogen-bond donors (Lipinski definition) is 2. The minimum atomic E-state index is -0.729. The van der Waals surface area contributed by atoms with Gasteiger partial charge in [0.15, 0.2) is 11.2 Å². The molecule has 24 heavy (non-hydrogen) atoms. The summed E-state index contributed by atoms with van der Waals surface area (Å²) >= 11 is 0. The number of anilines is 1. The van der Waals surface area contributed by atoms with Crippen LogP contribution in [0.5, 0.6) is 0 Å². The Balaban J connectivity index is 1.80. The number of rotatable bonds is 1. The minimum absolute atomic E-state index is 0.172. The number of fused-ring (bicyclic) bond motifs is 1. The quantitative estimate of drug-likeness (QED) is 0.594. The number of carbonyl (C=O) groups excluding carboxylic acids is 2. The molecule has 0 saturated carbocycles. The molecule has 2 fully saturated rings. The van der Waals surface area contributed by atoms with E-state index in [0.29, 0.717) is 31.0 Å². The van der Waals surface area contributed by atoms with Crippen molar-refractivity contribution >= 4 is 28.9 Å². The van der Waals surface area contributed by atoms with Crippen LogP contribution in [-0.4, -0.2) is 44.0 Å². The fourth-order valence-electron chi connectivity index (χ4n) is 3.64. The summed E-state index contributed by atoms with van der Waals surface area (Å²) in [6.45, 7) is 0.900. The maximum absolute atomic E-state index is 12.1. The van der Waals surface area contributed by atoms with Gasteiger partial charge in [-0.3, -0.25) is 29.3 Å². The van der Waals surface area contributed by atoms with Crippen LogP contribution < -0.4 is 21.5 Å². The first-order valence-electron chi connectivity index (χ1n) is 7.57. The maximum Gasteiger partial charge on any atom is 0.329 e. The van der Waals surface area contributed by atoms with E-state index in [1.54, 1.807) is 11.6 Å². The largest absolute Gasteiger partial charge is 0.341 e. The first-order chi connectivity index (χ1) is 11.3. The van der Waals surface area contributed by atoms with Crippen LogP contribution in [0.4, 0.5) is 5.95 Å². The highest BCUT2D eigenvalue weighted by Crippen LogP contribution is 2.39. The van der Waals surface area contributed by atoms with Crippen LogP contribution in [0.1, 0.15) is 12.8 Å². The lowest BCUT2D eigenvalue weighted by Crippen LogP contribution is -2.35. The fraction of sp³-hybridized carbons (Fsp3) is 0.500.